The first kappa shape index (κ1) is 14.4. The summed E-state index contributed by atoms with van der Waals surface area (Å²) in [4.78, 5) is 0. The largest absolute Gasteiger partial charge is 0.496 e. The lowest BCUT2D eigenvalue weighted by Crippen LogP contribution is -2.41. The third-order valence-electron chi connectivity index (χ3n) is 3.96. The van der Waals surface area contributed by atoms with Crippen molar-refractivity contribution >= 4 is 24.2 Å². The molecule has 5 heteroatoms. The SMILES string of the molecule is Cc1cc(B2OC(C)(C)C(C)(C)O2)c(C#N)cc1Cl. The van der Waals surface area contributed by atoms with Crippen molar-refractivity contribution in [2.45, 2.75) is 45.8 Å². The lowest BCUT2D eigenvalue weighted by Gasteiger charge is -2.32. The predicted octanol–water partition coefficient (Wildman–Crippen LogP) is 2.82. The molecule has 0 radical (unpaired) electrons. The van der Waals surface area contributed by atoms with E-state index in [1.54, 1.807) is 6.07 Å². The van der Waals surface area contributed by atoms with E-state index >= 15 is 0 Å². The summed E-state index contributed by atoms with van der Waals surface area (Å²) in [5, 5.41) is 9.81. The number of nitriles is 1. The van der Waals surface area contributed by atoms with E-state index in [1.807, 2.05) is 40.7 Å². The van der Waals surface area contributed by atoms with Crippen molar-refractivity contribution in [2.75, 3.05) is 0 Å². The van der Waals surface area contributed by atoms with Crippen LogP contribution in [0.15, 0.2) is 12.1 Å². The summed E-state index contributed by atoms with van der Waals surface area (Å²) in [6, 6.07) is 5.68. The fourth-order valence-electron chi connectivity index (χ4n) is 1.97. The summed E-state index contributed by atoms with van der Waals surface area (Å²) in [5.41, 5.74) is 1.30. The van der Waals surface area contributed by atoms with Gasteiger partial charge in [0.15, 0.2) is 0 Å². The van der Waals surface area contributed by atoms with Gasteiger partial charge >= 0.3 is 7.12 Å². The highest BCUT2D eigenvalue weighted by atomic mass is 35.5. The summed E-state index contributed by atoms with van der Waals surface area (Å²) >= 11 is 6.05. The third kappa shape index (κ3) is 2.39. The number of hydrogen-bond donors (Lipinski definition) is 0. The van der Waals surface area contributed by atoms with Gasteiger partial charge in [0.1, 0.15) is 0 Å². The molecule has 0 bridgehead atoms. The summed E-state index contributed by atoms with van der Waals surface area (Å²) in [7, 11) is -0.532. The fraction of sp³-hybridized carbons (Fsp3) is 0.500. The highest BCUT2D eigenvalue weighted by Crippen LogP contribution is 2.36. The summed E-state index contributed by atoms with van der Waals surface area (Å²) in [5.74, 6) is 0. The van der Waals surface area contributed by atoms with E-state index in [1.165, 1.54) is 0 Å². The van der Waals surface area contributed by atoms with Crippen LogP contribution in [0.2, 0.25) is 5.02 Å². The number of benzene rings is 1. The molecule has 0 saturated carbocycles. The van der Waals surface area contributed by atoms with Crippen LogP contribution in [0.25, 0.3) is 0 Å². The van der Waals surface area contributed by atoms with E-state index < -0.39 is 18.3 Å². The molecule has 1 aliphatic heterocycles. The second-order valence-corrected chi connectivity index (χ2v) is 6.30. The van der Waals surface area contributed by atoms with Crippen LogP contribution in [0.5, 0.6) is 0 Å². The first-order chi connectivity index (χ1) is 8.68. The highest BCUT2D eigenvalue weighted by Gasteiger charge is 2.52. The monoisotopic (exact) mass is 277 g/mol. The molecule has 0 spiro atoms. The highest BCUT2D eigenvalue weighted by molar-refractivity contribution is 6.63. The Labute approximate surface area is 119 Å². The minimum Gasteiger partial charge on any atom is -0.399 e. The maximum absolute atomic E-state index is 9.23. The van der Waals surface area contributed by atoms with Crippen molar-refractivity contribution < 1.29 is 9.31 Å². The molecule has 0 unspecified atom stereocenters. The van der Waals surface area contributed by atoms with Gasteiger partial charge in [-0.05, 0) is 46.2 Å². The molecule has 1 aromatic rings. The zero-order chi connectivity index (χ0) is 14.4. The Kier molecular flexibility index (Phi) is 3.42. The van der Waals surface area contributed by atoms with Crippen molar-refractivity contribution in [1.82, 2.24) is 0 Å². The van der Waals surface area contributed by atoms with E-state index in [9.17, 15) is 5.26 Å². The van der Waals surface area contributed by atoms with Crippen LogP contribution in [-0.2, 0) is 9.31 Å². The molecule has 2 rings (SSSR count). The quantitative estimate of drug-likeness (QED) is 0.741. The standard InChI is InChI=1S/C14H17BClNO2/c1-9-6-11(10(8-17)7-12(9)16)15-18-13(2,3)14(4,5)19-15/h6-7H,1-5H3. The number of hydrogen-bond acceptors (Lipinski definition) is 3. The Hall–Kier alpha value is -1.02. The van der Waals surface area contributed by atoms with Crippen LogP contribution in [0.1, 0.15) is 38.8 Å². The average Bonchev–Trinajstić information content (AvgIpc) is 2.51. The second-order valence-electron chi connectivity index (χ2n) is 5.89. The van der Waals surface area contributed by atoms with Crippen molar-refractivity contribution in [3.63, 3.8) is 0 Å². The van der Waals surface area contributed by atoms with E-state index in [0.29, 0.717) is 10.6 Å². The van der Waals surface area contributed by atoms with Gasteiger partial charge < -0.3 is 9.31 Å². The topological polar surface area (TPSA) is 42.2 Å². The number of nitrogens with zero attached hydrogens (tertiary/aromatic N) is 1. The lowest BCUT2D eigenvalue weighted by atomic mass is 9.75. The molecule has 0 aromatic heterocycles. The minimum absolute atomic E-state index is 0.419. The molecule has 1 aromatic carbocycles. The van der Waals surface area contributed by atoms with Gasteiger partial charge in [-0.15, -0.1) is 0 Å². The first-order valence-corrected chi connectivity index (χ1v) is 6.61. The minimum atomic E-state index is -0.532. The van der Waals surface area contributed by atoms with Gasteiger partial charge in [0.25, 0.3) is 0 Å². The number of halogens is 1. The van der Waals surface area contributed by atoms with Gasteiger partial charge in [0.2, 0.25) is 0 Å². The van der Waals surface area contributed by atoms with E-state index in [2.05, 4.69) is 6.07 Å². The predicted molar refractivity (Wildman–Crippen MR) is 76.6 cm³/mol. The Morgan fingerprint density at radius 1 is 1.16 bits per heavy atom. The van der Waals surface area contributed by atoms with Gasteiger partial charge in [0.05, 0.1) is 22.8 Å². The average molecular weight is 278 g/mol. The molecule has 0 aliphatic carbocycles. The molecule has 1 fully saturated rings. The summed E-state index contributed by atoms with van der Waals surface area (Å²) < 4.78 is 11.9. The van der Waals surface area contributed by atoms with Gasteiger partial charge in [0, 0.05) is 10.5 Å². The van der Waals surface area contributed by atoms with Crippen LogP contribution in [-0.4, -0.2) is 18.3 Å². The maximum Gasteiger partial charge on any atom is 0.496 e. The molecule has 3 nitrogen and oxygen atoms in total. The maximum atomic E-state index is 9.23. The zero-order valence-corrected chi connectivity index (χ0v) is 12.6. The molecule has 0 atom stereocenters. The molecule has 1 saturated heterocycles. The van der Waals surface area contributed by atoms with E-state index in [0.717, 1.165) is 11.0 Å². The molecule has 0 amide bonds. The zero-order valence-electron chi connectivity index (χ0n) is 11.9. The van der Waals surface area contributed by atoms with E-state index in [-0.39, 0.29) is 0 Å². The summed E-state index contributed by atoms with van der Waals surface area (Å²) in [6.07, 6.45) is 0. The number of aryl methyl sites for hydroxylation is 1. The summed E-state index contributed by atoms with van der Waals surface area (Å²) in [6.45, 7) is 9.85. The molecule has 19 heavy (non-hydrogen) atoms. The van der Waals surface area contributed by atoms with Crippen molar-refractivity contribution in [3.05, 3.63) is 28.3 Å². The molecule has 0 N–H and O–H groups in total. The van der Waals surface area contributed by atoms with Crippen molar-refractivity contribution in [1.29, 1.82) is 5.26 Å². The van der Waals surface area contributed by atoms with Crippen LogP contribution in [0, 0.1) is 18.3 Å². The molecule has 1 heterocycles. The van der Waals surface area contributed by atoms with Gasteiger partial charge in [-0.3, -0.25) is 0 Å². The Morgan fingerprint density at radius 3 is 2.16 bits per heavy atom. The number of rotatable bonds is 1. The van der Waals surface area contributed by atoms with Crippen molar-refractivity contribution in [3.8, 4) is 6.07 Å². The van der Waals surface area contributed by atoms with Crippen LogP contribution >= 0.6 is 11.6 Å². The van der Waals surface area contributed by atoms with Gasteiger partial charge in [-0.1, -0.05) is 17.7 Å². The second kappa shape index (κ2) is 4.52. The fourth-order valence-corrected chi connectivity index (χ4v) is 2.13. The molecular formula is C14H17BClNO2. The Balaban J connectivity index is 2.45. The lowest BCUT2D eigenvalue weighted by molar-refractivity contribution is 0.00578. The normalized spacial score (nSPS) is 20.4. The van der Waals surface area contributed by atoms with Crippen LogP contribution < -0.4 is 5.46 Å². The first-order valence-electron chi connectivity index (χ1n) is 6.24. The van der Waals surface area contributed by atoms with Gasteiger partial charge in [-0.25, -0.2) is 0 Å². The Bertz CT molecular complexity index is 547. The third-order valence-corrected chi connectivity index (χ3v) is 4.37. The van der Waals surface area contributed by atoms with Crippen molar-refractivity contribution in [2.24, 2.45) is 0 Å². The molecular weight excluding hydrogens is 260 g/mol. The van der Waals surface area contributed by atoms with Crippen LogP contribution in [0.4, 0.5) is 0 Å². The molecule has 1 aliphatic rings. The van der Waals surface area contributed by atoms with Gasteiger partial charge in [-0.2, -0.15) is 5.26 Å². The van der Waals surface area contributed by atoms with Crippen LogP contribution in [0.3, 0.4) is 0 Å². The van der Waals surface area contributed by atoms with E-state index in [4.69, 9.17) is 20.9 Å². The smallest absolute Gasteiger partial charge is 0.399 e. The molecule has 100 valence electrons. The Morgan fingerprint density at radius 2 is 1.68 bits per heavy atom.